The van der Waals surface area contributed by atoms with Gasteiger partial charge in [0.25, 0.3) is 0 Å². The zero-order valence-corrected chi connectivity index (χ0v) is 16.0. The molecule has 1 fully saturated rings. The Morgan fingerprint density at radius 3 is 2.76 bits per heavy atom. The molecule has 0 aromatic heterocycles. The van der Waals surface area contributed by atoms with Crippen molar-refractivity contribution in [2.75, 3.05) is 19.3 Å². The van der Waals surface area contributed by atoms with Crippen molar-refractivity contribution in [2.45, 2.75) is 45.9 Å². The third-order valence-electron chi connectivity index (χ3n) is 4.27. The lowest BCUT2D eigenvalue weighted by Gasteiger charge is -2.30. The first-order chi connectivity index (χ1) is 11.8. The number of ether oxygens (including phenoxy) is 1. The summed E-state index contributed by atoms with van der Waals surface area (Å²) in [5, 5.41) is 2.93. The van der Waals surface area contributed by atoms with E-state index < -0.39 is 10.0 Å². The van der Waals surface area contributed by atoms with Gasteiger partial charge in [0.15, 0.2) is 0 Å². The third kappa shape index (κ3) is 6.41. The highest BCUT2D eigenvalue weighted by Gasteiger charge is 2.29. The van der Waals surface area contributed by atoms with Gasteiger partial charge in [-0.15, -0.1) is 0 Å². The molecule has 1 aliphatic heterocycles. The number of piperidine rings is 1. The molecule has 1 N–H and O–H groups in total. The molecule has 1 aromatic rings. The molecule has 1 heterocycles. The van der Waals surface area contributed by atoms with Gasteiger partial charge in [0.05, 0.1) is 24.9 Å². The van der Waals surface area contributed by atoms with Crippen LogP contribution in [0.4, 0.5) is 0 Å². The number of benzene rings is 1. The zero-order valence-electron chi connectivity index (χ0n) is 15.2. The van der Waals surface area contributed by atoms with Crippen LogP contribution in [0.1, 0.15) is 37.8 Å². The van der Waals surface area contributed by atoms with Crippen molar-refractivity contribution in [3.8, 4) is 0 Å². The summed E-state index contributed by atoms with van der Waals surface area (Å²) >= 11 is 0. The number of hydrogen-bond donors (Lipinski definition) is 1. The Hall–Kier alpha value is -1.44. The molecular formula is C18H28N2O4S. The van der Waals surface area contributed by atoms with E-state index in [0.717, 1.165) is 17.5 Å². The maximum absolute atomic E-state index is 12.4. The van der Waals surface area contributed by atoms with Crippen molar-refractivity contribution >= 4 is 15.9 Å². The highest BCUT2D eigenvalue weighted by Crippen LogP contribution is 2.19. The van der Waals surface area contributed by atoms with E-state index in [9.17, 15) is 13.2 Å². The third-order valence-corrected chi connectivity index (χ3v) is 5.54. The number of carbonyl (C=O) groups excluding carboxylic acids is 1. The second-order valence-corrected chi connectivity index (χ2v) is 8.84. The fourth-order valence-corrected chi connectivity index (χ4v) is 3.79. The second-order valence-electron chi connectivity index (χ2n) is 6.86. The van der Waals surface area contributed by atoms with Gasteiger partial charge in [-0.05, 0) is 37.8 Å². The minimum absolute atomic E-state index is 0.0859. The molecule has 7 heteroatoms. The summed E-state index contributed by atoms with van der Waals surface area (Å²) in [5.41, 5.74) is 2.08. The smallest absolute Gasteiger partial charge is 0.224 e. The monoisotopic (exact) mass is 368 g/mol. The van der Waals surface area contributed by atoms with E-state index in [1.165, 1.54) is 10.6 Å². The summed E-state index contributed by atoms with van der Waals surface area (Å²) < 4.78 is 30.3. The predicted octanol–water partition coefficient (Wildman–Crippen LogP) is 1.90. The van der Waals surface area contributed by atoms with Gasteiger partial charge in [0.1, 0.15) is 0 Å². The molecule has 1 atom stereocenters. The van der Waals surface area contributed by atoms with Crippen molar-refractivity contribution in [3.05, 3.63) is 35.4 Å². The van der Waals surface area contributed by atoms with Crippen LogP contribution in [0.2, 0.25) is 0 Å². The molecule has 0 spiro atoms. The van der Waals surface area contributed by atoms with Crippen LogP contribution in [0.3, 0.4) is 0 Å². The first-order valence-corrected chi connectivity index (χ1v) is 10.5. The van der Waals surface area contributed by atoms with Crippen molar-refractivity contribution < 1.29 is 17.9 Å². The summed E-state index contributed by atoms with van der Waals surface area (Å²) in [6, 6.07) is 7.93. The van der Waals surface area contributed by atoms with Crippen LogP contribution in [-0.2, 0) is 32.7 Å². The average Bonchev–Trinajstić information content (AvgIpc) is 2.57. The topological polar surface area (TPSA) is 75.7 Å². The average molecular weight is 368 g/mol. The van der Waals surface area contributed by atoms with Gasteiger partial charge >= 0.3 is 0 Å². The van der Waals surface area contributed by atoms with Crippen LogP contribution < -0.4 is 5.32 Å². The van der Waals surface area contributed by atoms with Crippen LogP contribution in [0.5, 0.6) is 0 Å². The van der Waals surface area contributed by atoms with E-state index in [1.807, 2.05) is 38.1 Å². The van der Waals surface area contributed by atoms with Crippen LogP contribution in [0.15, 0.2) is 24.3 Å². The van der Waals surface area contributed by atoms with Crippen LogP contribution >= 0.6 is 0 Å². The maximum atomic E-state index is 12.4. The Morgan fingerprint density at radius 2 is 2.08 bits per heavy atom. The molecule has 1 amide bonds. The largest absolute Gasteiger partial charge is 0.374 e. The Kier molecular flexibility index (Phi) is 6.98. The number of hydrogen-bond acceptors (Lipinski definition) is 4. The number of nitrogens with one attached hydrogen (secondary N) is 1. The number of carbonyl (C=O) groups is 1. The number of nitrogens with zero attached hydrogens (tertiary/aromatic N) is 1. The maximum Gasteiger partial charge on any atom is 0.224 e. The van der Waals surface area contributed by atoms with Gasteiger partial charge < -0.3 is 10.1 Å². The summed E-state index contributed by atoms with van der Waals surface area (Å²) in [6.07, 6.45) is 2.80. The SMILES string of the molecule is CC(C)OCc1cccc(CNC(=O)C2CCCN(S(C)(=O)=O)C2)c1. The van der Waals surface area contributed by atoms with Crippen LogP contribution in [0, 0.1) is 5.92 Å². The Morgan fingerprint density at radius 1 is 1.36 bits per heavy atom. The van der Waals surface area contributed by atoms with Gasteiger partial charge in [0.2, 0.25) is 15.9 Å². The molecule has 0 bridgehead atoms. The fraction of sp³-hybridized carbons (Fsp3) is 0.611. The molecule has 1 aromatic carbocycles. The minimum Gasteiger partial charge on any atom is -0.374 e. The fourth-order valence-electron chi connectivity index (χ4n) is 2.88. The van der Waals surface area contributed by atoms with Crippen LogP contribution in [-0.4, -0.2) is 44.1 Å². The molecule has 0 aliphatic carbocycles. The summed E-state index contributed by atoms with van der Waals surface area (Å²) in [7, 11) is -3.24. The lowest BCUT2D eigenvalue weighted by molar-refractivity contribution is -0.126. The number of rotatable bonds is 7. The molecule has 1 aliphatic rings. The normalized spacial score (nSPS) is 19.1. The first-order valence-electron chi connectivity index (χ1n) is 8.68. The Labute approximate surface area is 150 Å². The van der Waals surface area contributed by atoms with E-state index in [2.05, 4.69) is 5.32 Å². The van der Waals surface area contributed by atoms with Crippen molar-refractivity contribution in [2.24, 2.45) is 5.92 Å². The van der Waals surface area contributed by atoms with E-state index >= 15 is 0 Å². The number of amides is 1. The van der Waals surface area contributed by atoms with Gasteiger partial charge in [-0.3, -0.25) is 4.79 Å². The molecule has 6 nitrogen and oxygen atoms in total. The molecule has 1 saturated heterocycles. The number of sulfonamides is 1. The van der Waals surface area contributed by atoms with E-state index in [0.29, 0.717) is 26.1 Å². The Bertz CT molecular complexity index is 688. The molecule has 0 radical (unpaired) electrons. The van der Waals surface area contributed by atoms with Crippen molar-refractivity contribution in [1.29, 1.82) is 0 Å². The molecule has 0 saturated carbocycles. The summed E-state index contributed by atoms with van der Waals surface area (Å²) in [4.78, 5) is 12.4. The lowest BCUT2D eigenvalue weighted by Crippen LogP contribution is -2.44. The van der Waals surface area contributed by atoms with Gasteiger partial charge in [-0.1, -0.05) is 24.3 Å². The standard InChI is InChI=1S/C18H28N2O4S/c1-14(2)24-13-16-7-4-6-15(10-16)11-19-18(21)17-8-5-9-20(12-17)25(3,22)23/h4,6-7,10,14,17H,5,8-9,11-13H2,1-3H3,(H,19,21). The first kappa shape index (κ1) is 19.9. The van der Waals surface area contributed by atoms with Crippen molar-refractivity contribution in [1.82, 2.24) is 9.62 Å². The highest BCUT2D eigenvalue weighted by atomic mass is 32.2. The van der Waals surface area contributed by atoms with Gasteiger partial charge in [-0.25, -0.2) is 12.7 Å². The minimum atomic E-state index is -3.24. The van der Waals surface area contributed by atoms with E-state index in [4.69, 9.17) is 4.74 Å². The lowest BCUT2D eigenvalue weighted by atomic mass is 9.98. The second kappa shape index (κ2) is 8.78. The summed E-state index contributed by atoms with van der Waals surface area (Å²) in [5.74, 6) is -0.367. The molecule has 2 rings (SSSR count). The van der Waals surface area contributed by atoms with E-state index in [1.54, 1.807) is 0 Å². The summed E-state index contributed by atoms with van der Waals surface area (Å²) in [6.45, 7) is 5.74. The molecule has 25 heavy (non-hydrogen) atoms. The predicted molar refractivity (Wildman–Crippen MR) is 97.4 cm³/mol. The van der Waals surface area contributed by atoms with Crippen LogP contribution in [0.25, 0.3) is 0 Å². The highest BCUT2D eigenvalue weighted by molar-refractivity contribution is 7.88. The zero-order chi connectivity index (χ0) is 18.4. The van der Waals surface area contributed by atoms with Gasteiger partial charge in [0, 0.05) is 19.6 Å². The van der Waals surface area contributed by atoms with E-state index in [-0.39, 0.29) is 24.5 Å². The van der Waals surface area contributed by atoms with Gasteiger partial charge in [-0.2, -0.15) is 0 Å². The molecular weight excluding hydrogens is 340 g/mol. The molecule has 1 unspecified atom stereocenters. The molecule has 140 valence electrons. The van der Waals surface area contributed by atoms with Crippen molar-refractivity contribution in [3.63, 3.8) is 0 Å². The quantitative estimate of drug-likeness (QED) is 0.798. The Balaban J connectivity index is 1.88.